The number of alkyl halides is 3. The molecule has 1 aromatic rings. The first kappa shape index (κ1) is 22.6. The minimum atomic E-state index is -5.08. The normalized spacial score (nSPS) is 21.8. The Kier molecular flexibility index (Phi) is 6.74. The standard InChI is InChI=1S/C18H28N4O.C2HF3O2/c1-20-9-4-15(19-20)12-17(23)22-10-5-18(6-11-22)13-16(14-18)21-7-2-3-8-21;3-2(4,5)1(6)7/h4,9,16H,2-3,5-8,10-14H2,1H3;(H,6,7). The van der Waals surface area contributed by atoms with Crippen LogP contribution in [0.3, 0.4) is 0 Å². The van der Waals surface area contributed by atoms with E-state index in [1.165, 1.54) is 51.6 Å². The van der Waals surface area contributed by atoms with Crippen LogP contribution < -0.4 is 0 Å². The van der Waals surface area contributed by atoms with Gasteiger partial charge in [-0.05, 0) is 63.1 Å². The second-order valence-electron chi connectivity index (χ2n) is 8.65. The summed E-state index contributed by atoms with van der Waals surface area (Å²) in [4.78, 5) is 26.1. The third kappa shape index (κ3) is 5.53. The average molecular weight is 430 g/mol. The first-order valence-electron chi connectivity index (χ1n) is 10.4. The molecule has 0 bridgehead atoms. The van der Waals surface area contributed by atoms with Gasteiger partial charge in [-0.3, -0.25) is 9.48 Å². The molecule has 4 rings (SSSR count). The van der Waals surface area contributed by atoms with E-state index in [4.69, 9.17) is 9.90 Å². The molecule has 1 saturated carbocycles. The smallest absolute Gasteiger partial charge is 0.475 e. The van der Waals surface area contributed by atoms with Crippen molar-refractivity contribution in [2.24, 2.45) is 12.5 Å². The van der Waals surface area contributed by atoms with Crippen LogP contribution in [0.2, 0.25) is 0 Å². The zero-order chi connectivity index (χ0) is 21.9. The van der Waals surface area contributed by atoms with Gasteiger partial charge in [0.25, 0.3) is 0 Å². The van der Waals surface area contributed by atoms with Crippen LogP contribution in [-0.2, 0) is 23.1 Å². The molecule has 1 N–H and O–H groups in total. The molecule has 1 amide bonds. The fraction of sp³-hybridized carbons (Fsp3) is 0.750. The van der Waals surface area contributed by atoms with Gasteiger partial charge in [-0.25, -0.2) is 4.79 Å². The molecule has 3 aliphatic rings. The summed E-state index contributed by atoms with van der Waals surface area (Å²) in [5, 5.41) is 11.4. The van der Waals surface area contributed by atoms with Gasteiger partial charge in [0, 0.05) is 32.4 Å². The molecule has 0 atom stereocenters. The third-order valence-corrected chi connectivity index (χ3v) is 6.51. The van der Waals surface area contributed by atoms with Crippen molar-refractivity contribution in [3.63, 3.8) is 0 Å². The topological polar surface area (TPSA) is 78.7 Å². The number of carboxylic acid groups (broad SMARTS) is 1. The molecule has 2 aliphatic heterocycles. The fourth-order valence-corrected chi connectivity index (χ4v) is 4.77. The van der Waals surface area contributed by atoms with Gasteiger partial charge >= 0.3 is 12.1 Å². The number of hydrogen-bond donors (Lipinski definition) is 1. The summed E-state index contributed by atoms with van der Waals surface area (Å²) in [7, 11) is 1.89. The van der Waals surface area contributed by atoms with E-state index in [-0.39, 0.29) is 5.91 Å². The molecule has 30 heavy (non-hydrogen) atoms. The molecule has 168 valence electrons. The lowest BCUT2D eigenvalue weighted by atomic mass is 9.60. The van der Waals surface area contributed by atoms with Gasteiger partial charge in [-0.1, -0.05) is 0 Å². The Bertz CT molecular complexity index is 743. The Morgan fingerprint density at radius 1 is 1.17 bits per heavy atom. The monoisotopic (exact) mass is 430 g/mol. The summed E-state index contributed by atoms with van der Waals surface area (Å²) in [6.45, 7) is 4.52. The lowest BCUT2D eigenvalue weighted by Crippen LogP contribution is -2.55. The quantitative estimate of drug-likeness (QED) is 0.797. The summed E-state index contributed by atoms with van der Waals surface area (Å²) < 4.78 is 33.5. The van der Waals surface area contributed by atoms with Crippen molar-refractivity contribution in [2.75, 3.05) is 26.2 Å². The maximum absolute atomic E-state index is 12.4. The van der Waals surface area contributed by atoms with Crippen molar-refractivity contribution in [3.05, 3.63) is 18.0 Å². The Hall–Kier alpha value is -2.10. The van der Waals surface area contributed by atoms with Gasteiger partial charge < -0.3 is 14.9 Å². The first-order chi connectivity index (χ1) is 14.1. The van der Waals surface area contributed by atoms with E-state index >= 15 is 0 Å². The number of likely N-dealkylation sites (tertiary alicyclic amines) is 2. The molecule has 3 fully saturated rings. The van der Waals surface area contributed by atoms with Gasteiger partial charge in [0.2, 0.25) is 5.91 Å². The molecule has 3 heterocycles. The van der Waals surface area contributed by atoms with Gasteiger partial charge in [0.1, 0.15) is 0 Å². The van der Waals surface area contributed by atoms with E-state index in [1.807, 2.05) is 19.3 Å². The van der Waals surface area contributed by atoms with Crippen LogP contribution in [0, 0.1) is 5.41 Å². The number of aliphatic carboxylic acids is 1. The van der Waals surface area contributed by atoms with E-state index < -0.39 is 12.1 Å². The van der Waals surface area contributed by atoms with E-state index in [1.54, 1.807) is 4.68 Å². The minimum absolute atomic E-state index is 0.244. The number of amides is 1. The van der Waals surface area contributed by atoms with E-state index in [0.717, 1.165) is 24.8 Å². The van der Waals surface area contributed by atoms with Crippen LogP contribution >= 0.6 is 0 Å². The number of rotatable bonds is 3. The molecule has 0 unspecified atom stereocenters. The van der Waals surface area contributed by atoms with Crippen molar-refractivity contribution in [1.82, 2.24) is 19.6 Å². The Morgan fingerprint density at radius 2 is 1.73 bits per heavy atom. The fourth-order valence-electron chi connectivity index (χ4n) is 4.77. The molecule has 10 heteroatoms. The second-order valence-corrected chi connectivity index (χ2v) is 8.65. The number of aromatic nitrogens is 2. The maximum Gasteiger partial charge on any atom is 0.490 e. The largest absolute Gasteiger partial charge is 0.490 e. The van der Waals surface area contributed by atoms with Gasteiger partial charge in [0.15, 0.2) is 0 Å². The predicted molar refractivity (Wildman–Crippen MR) is 103 cm³/mol. The zero-order valence-corrected chi connectivity index (χ0v) is 17.2. The van der Waals surface area contributed by atoms with Crippen molar-refractivity contribution >= 4 is 11.9 Å². The summed E-state index contributed by atoms with van der Waals surface area (Å²) in [5.41, 5.74) is 1.44. The highest BCUT2D eigenvalue weighted by molar-refractivity contribution is 5.78. The van der Waals surface area contributed by atoms with Crippen molar-refractivity contribution < 1.29 is 27.9 Å². The molecule has 1 aromatic heterocycles. The van der Waals surface area contributed by atoms with Gasteiger partial charge in [0.05, 0.1) is 12.1 Å². The predicted octanol–water partition coefficient (Wildman–Crippen LogP) is 2.46. The zero-order valence-electron chi connectivity index (χ0n) is 17.2. The number of nitrogens with zero attached hydrogens (tertiary/aromatic N) is 4. The Labute approximate surface area is 173 Å². The molecule has 1 spiro atoms. The molecule has 0 radical (unpaired) electrons. The summed E-state index contributed by atoms with van der Waals surface area (Å²) in [5.74, 6) is -2.51. The first-order valence-corrected chi connectivity index (χ1v) is 10.4. The van der Waals surface area contributed by atoms with Crippen LogP contribution in [0.15, 0.2) is 12.3 Å². The van der Waals surface area contributed by atoms with Crippen LogP contribution in [-0.4, -0.2) is 75.0 Å². The minimum Gasteiger partial charge on any atom is -0.475 e. The molecule has 1 aliphatic carbocycles. The Morgan fingerprint density at radius 3 is 2.20 bits per heavy atom. The molecule has 7 nitrogen and oxygen atoms in total. The third-order valence-electron chi connectivity index (χ3n) is 6.51. The molecular formula is C20H29F3N4O3. The number of aryl methyl sites for hydroxylation is 1. The lowest BCUT2D eigenvalue weighted by molar-refractivity contribution is -0.192. The molecular weight excluding hydrogens is 401 g/mol. The van der Waals surface area contributed by atoms with Crippen LogP contribution in [0.5, 0.6) is 0 Å². The highest BCUT2D eigenvalue weighted by atomic mass is 19.4. The highest BCUT2D eigenvalue weighted by Crippen LogP contribution is 2.51. The summed E-state index contributed by atoms with van der Waals surface area (Å²) in [6, 6.07) is 2.78. The SMILES string of the molecule is Cn1ccc(CC(=O)N2CCC3(CC2)CC(N2CCCC2)C3)n1.O=C(O)C(F)(F)F. The number of carbonyl (C=O) groups excluding carboxylic acids is 1. The van der Waals surface area contributed by atoms with Crippen LogP contribution in [0.25, 0.3) is 0 Å². The van der Waals surface area contributed by atoms with Crippen LogP contribution in [0.1, 0.15) is 44.2 Å². The van der Waals surface area contributed by atoms with Gasteiger partial charge in [-0.15, -0.1) is 0 Å². The number of halogens is 3. The summed E-state index contributed by atoms with van der Waals surface area (Å²) in [6.07, 6.45) is 5.19. The van der Waals surface area contributed by atoms with E-state index in [0.29, 0.717) is 11.8 Å². The van der Waals surface area contributed by atoms with Crippen molar-refractivity contribution in [2.45, 2.75) is 57.2 Å². The second kappa shape index (κ2) is 8.95. The lowest BCUT2D eigenvalue weighted by Gasteiger charge is -2.54. The Balaban J connectivity index is 0.000000318. The number of carboxylic acids is 1. The number of piperidine rings is 1. The van der Waals surface area contributed by atoms with Crippen LogP contribution in [0.4, 0.5) is 13.2 Å². The number of carbonyl (C=O) groups is 2. The molecule has 0 aromatic carbocycles. The average Bonchev–Trinajstić information content (AvgIpc) is 3.31. The molecule has 2 saturated heterocycles. The van der Waals surface area contributed by atoms with Crippen molar-refractivity contribution in [3.8, 4) is 0 Å². The maximum atomic E-state index is 12.4. The van der Waals surface area contributed by atoms with Crippen molar-refractivity contribution in [1.29, 1.82) is 0 Å². The van der Waals surface area contributed by atoms with Gasteiger partial charge in [-0.2, -0.15) is 18.3 Å². The number of hydrogen-bond acceptors (Lipinski definition) is 4. The summed E-state index contributed by atoms with van der Waals surface area (Å²) >= 11 is 0. The van der Waals surface area contributed by atoms with E-state index in [2.05, 4.69) is 14.9 Å². The van der Waals surface area contributed by atoms with E-state index in [9.17, 15) is 18.0 Å². The highest BCUT2D eigenvalue weighted by Gasteiger charge is 2.48.